The molecule has 0 N–H and O–H groups in total. The molecule has 0 aliphatic rings. The average Bonchev–Trinajstić information content (AvgIpc) is 2.55. The zero-order chi connectivity index (χ0) is 16.7. The molecule has 2 rings (SSSR count). The van der Waals surface area contributed by atoms with E-state index in [0.29, 0.717) is 18.1 Å². The highest BCUT2D eigenvalue weighted by atomic mass is 16.6. The van der Waals surface area contributed by atoms with Crippen LogP contribution in [0.25, 0.3) is 10.8 Å². The first-order chi connectivity index (χ1) is 11.2. The summed E-state index contributed by atoms with van der Waals surface area (Å²) in [6.07, 6.45) is 4.61. The Morgan fingerprint density at radius 1 is 1.04 bits per heavy atom. The van der Waals surface area contributed by atoms with Crippen LogP contribution in [0.1, 0.15) is 39.5 Å². The van der Waals surface area contributed by atoms with E-state index in [4.69, 9.17) is 14.2 Å². The summed E-state index contributed by atoms with van der Waals surface area (Å²) >= 11 is 0. The number of fused-ring (bicyclic) bond motifs is 1. The second kappa shape index (κ2) is 8.42. The van der Waals surface area contributed by atoms with Gasteiger partial charge in [-0.15, -0.1) is 0 Å². The van der Waals surface area contributed by atoms with Crippen molar-refractivity contribution in [1.29, 1.82) is 0 Å². The van der Waals surface area contributed by atoms with E-state index in [-0.39, 0.29) is 5.97 Å². The smallest absolute Gasteiger partial charge is 0.308 e. The molecular weight excluding hydrogens is 292 g/mol. The van der Waals surface area contributed by atoms with Gasteiger partial charge in [-0.1, -0.05) is 50.5 Å². The summed E-state index contributed by atoms with van der Waals surface area (Å²) in [5.41, 5.74) is 0. The molecule has 0 radical (unpaired) electrons. The largest absolute Gasteiger partial charge is 0.493 e. The Morgan fingerprint density at radius 3 is 2.43 bits per heavy atom. The molecule has 0 saturated carbocycles. The second-order valence-electron chi connectivity index (χ2n) is 5.45. The van der Waals surface area contributed by atoms with E-state index in [1.165, 1.54) is 19.8 Å². The number of esters is 1. The van der Waals surface area contributed by atoms with Crippen molar-refractivity contribution in [3.8, 4) is 17.2 Å². The molecule has 0 bridgehead atoms. The fourth-order valence-corrected chi connectivity index (χ4v) is 2.52. The number of carbonyl (C=O) groups excluding carboxylic acids is 1. The molecule has 0 fully saturated rings. The van der Waals surface area contributed by atoms with Crippen LogP contribution in [-0.2, 0) is 4.79 Å². The summed E-state index contributed by atoms with van der Waals surface area (Å²) in [4.78, 5) is 11.4. The summed E-state index contributed by atoms with van der Waals surface area (Å²) in [5.74, 6) is 1.32. The van der Waals surface area contributed by atoms with Gasteiger partial charge in [0.15, 0.2) is 11.5 Å². The highest BCUT2D eigenvalue weighted by molar-refractivity contribution is 5.97. The maximum absolute atomic E-state index is 11.4. The van der Waals surface area contributed by atoms with Crippen LogP contribution in [0.3, 0.4) is 0 Å². The second-order valence-corrected chi connectivity index (χ2v) is 5.45. The van der Waals surface area contributed by atoms with E-state index in [1.54, 1.807) is 13.2 Å². The van der Waals surface area contributed by atoms with Crippen LogP contribution in [0.5, 0.6) is 17.2 Å². The molecular formula is C19H24O4. The van der Waals surface area contributed by atoms with Crippen molar-refractivity contribution in [3.05, 3.63) is 30.3 Å². The molecule has 0 spiro atoms. The summed E-state index contributed by atoms with van der Waals surface area (Å²) < 4.78 is 16.7. The Bertz CT molecular complexity index is 664. The Morgan fingerprint density at radius 2 is 1.78 bits per heavy atom. The van der Waals surface area contributed by atoms with Gasteiger partial charge >= 0.3 is 5.97 Å². The van der Waals surface area contributed by atoms with Gasteiger partial charge in [-0.25, -0.2) is 0 Å². The lowest BCUT2D eigenvalue weighted by Gasteiger charge is -2.15. The van der Waals surface area contributed by atoms with E-state index in [2.05, 4.69) is 6.92 Å². The van der Waals surface area contributed by atoms with Crippen LogP contribution >= 0.6 is 0 Å². The van der Waals surface area contributed by atoms with Crippen LogP contribution in [-0.4, -0.2) is 19.7 Å². The van der Waals surface area contributed by atoms with Gasteiger partial charge in [0.2, 0.25) is 0 Å². The number of hydrogen-bond acceptors (Lipinski definition) is 4. The van der Waals surface area contributed by atoms with Crippen LogP contribution in [0.15, 0.2) is 30.3 Å². The number of carbonyl (C=O) groups is 1. The Balaban J connectivity index is 2.32. The van der Waals surface area contributed by atoms with Gasteiger partial charge in [0.25, 0.3) is 0 Å². The molecule has 0 aromatic heterocycles. The first-order valence-corrected chi connectivity index (χ1v) is 8.08. The van der Waals surface area contributed by atoms with Crippen molar-refractivity contribution in [1.82, 2.24) is 0 Å². The zero-order valence-corrected chi connectivity index (χ0v) is 14.1. The molecule has 0 amide bonds. The maximum Gasteiger partial charge on any atom is 0.308 e. The number of methoxy groups -OCH3 is 1. The lowest BCUT2D eigenvalue weighted by atomic mass is 10.1. The van der Waals surface area contributed by atoms with Gasteiger partial charge < -0.3 is 14.2 Å². The number of hydrogen-bond donors (Lipinski definition) is 0. The van der Waals surface area contributed by atoms with E-state index in [1.807, 2.05) is 24.3 Å². The predicted molar refractivity (Wildman–Crippen MR) is 91.4 cm³/mol. The monoisotopic (exact) mass is 316 g/mol. The molecule has 2 aromatic carbocycles. The Kier molecular flexibility index (Phi) is 6.27. The normalized spacial score (nSPS) is 10.6. The third-order valence-electron chi connectivity index (χ3n) is 3.64. The molecule has 23 heavy (non-hydrogen) atoms. The topological polar surface area (TPSA) is 44.8 Å². The van der Waals surface area contributed by atoms with Crippen LogP contribution < -0.4 is 14.2 Å². The molecule has 0 heterocycles. The molecule has 124 valence electrons. The number of benzene rings is 2. The summed E-state index contributed by atoms with van der Waals surface area (Å²) in [6.45, 7) is 4.24. The van der Waals surface area contributed by atoms with Crippen molar-refractivity contribution in [2.75, 3.05) is 13.7 Å². The lowest BCUT2D eigenvalue weighted by Crippen LogP contribution is -2.05. The summed E-state index contributed by atoms with van der Waals surface area (Å²) in [6, 6.07) is 9.50. The van der Waals surface area contributed by atoms with E-state index >= 15 is 0 Å². The average molecular weight is 316 g/mol. The number of ether oxygens (including phenoxy) is 3. The van der Waals surface area contributed by atoms with Crippen LogP contribution in [0, 0.1) is 0 Å². The minimum absolute atomic E-state index is 0.373. The maximum atomic E-state index is 11.4. The Labute approximate surface area is 137 Å². The van der Waals surface area contributed by atoms with Gasteiger partial charge in [0, 0.05) is 23.8 Å². The zero-order valence-electron chi connectivity index (χ0n) is 14.1. The molecule has 0 aliphatic heterocycles. The minimum Gasteiger partial charge on any atom is -0.493 e. The molecule has 0 unspecified atom stereocenters. The van der Waals surface area contributed by atoms with Gasteiger partial charge in [-0.05, 0) is 6.42 Å². The molecule has 0 saturated heterocycles. The first kappa shape index (κ1) is 17.1. The van der Waals surface area contributed by atoms with E-state index < -0.39 is 0 Å². The lowest BCUT2D eigenvalue weighted by molar-refractivity contribution is -0.131. The fraction of sp³-hybridized carbons (Fsp3) is 0.421. The van der Waals surface area contributed by atoms with Crippen molar-refractivity contribution in [2.24, 2.45) is 0 Å². The summed E-state index contributed by atoms with van der Waals surface area (Å²) in [5, 5.41) is 1.73. The third-order valence-corrected chi connectivity index (χ3v) is 3.64. The van der Waals surface area contributed by atoms with Crippen molar-refractivity contribution in [3.63, 3.8) is 0 Å². The number of rotatable bonds is 8. The SMILES string of the molecule is CCCCCCOc1cc(OC)c(OC(C)=O)c2ccccc12. The number of unbranched alkanes of at least 4 members (excludes halogenated alkanes) is 3. The fourth-order valence-electron chi connectivity index (χ4n) is 2.52. The van der Waals surface area contributed by atoms with Gasteiger partial charge in [0.05, 0.1) is 13.7 Å². The third kappa shape index (κ3) is 4.38. The van der Waals surface area contributed by atoms with Gasteiger partial charge in [-0.2, -0.15) is 0 Å². The van der Waals surface area contributed by atoms with E-state index in [0.717, 1.165) is 29.4 Å². The molecule has 4 nitrogen and oxygen atoms in total. The van der Waals surface area contributed by atoms with Gasteiger partial charge in [-0.3, -0.25) is 4.79 Å². The molecule has 0 atom stereocenters. The molecule has 2 aromatic rings. The molecule has 0 aliphatic carbocycles. The highest BCUT2D eigenvalue weighted by Crippen LogP contribution is 2.41. The van der Waals surface area contributed by atoms with Crippen molar-refractivity contribution < 1.29 is 19.0 Å². The predicted octanol–water partition coefficient (Wildman–Crippen LogP) is 4.73. The summed E-state index contributed by atoms with van der Waals surface area (Å²) in [7, 11) is 1.56. The van der Waals surface area contributed by atoms with E-state index in [9.17, 15) is 4.79 Å². The molecule has 4 heteroatoms. The minimum atomic E-state index is -0.373. The van der Waals surface area contributed by atoms with Crippen molar-refractivity contribution >= 4 is 16.7 Å². The first-order valence-electron chi connectivity index (χ1n) is 8.08. The standard InChI is InChI=1S/C19H24O4/c1-4-5-6-9-12-22-17-13-18(21-3)19(23-14(2)20)16-11-8-7-10-15(16)17/h7-8,10-11,13H,4-6,9,12H2,1-3H3. The quantitative estimate of drug-likeness (QED) is 0.401. The Hall–Kier alpha value is -2.23. The highest BCUT2D eigenvalue weighted by Gasteiger charge is 2.16. The van der Waals surface area contributed by atoms with Gasteiger partial charge in [0.1, 0.15) is 5.75 Å². The van der Waals surface area contributed by atoms with Crippen LogP contribution in [0.2, 0.25) is 0 Å². The van der Waals surface area contributed by atoms with Crippen molar-refractivity contribution in [2.45, 2.75) is 39.5 Å². The van der Waals surface area contributed by atoms with Crippen LogP contribution in [0.4, 0.5) is 0 Å².